The van der Waals surface area contributed by atoms with Gasteiger partial charge in [-0.1, -0.05) is 6.07 Å². The Morgan fingerprint density at radius 1 is 1.30 bits per heavy atom. The first-order valence-electron chi connectivity index (χ1n) is 8.41. The molecule has 4 rings (SSSR count). The molecule has 1 aliphatic rings. The van der Waals surface area contributed by atoms with Crippen molar-refractivity contribution in [1.82, 2.24) is 25.0 Å². The fourth-order valence-electron chi connectivity index (χ4n) is 2.99. The number of thiophene rings is 1. The zero-order valence-electron chi connectivity index (χ0n) is 14.6. The Morgan fingerprint density at radius 3 is 2.74 bits per heavy atom. The van der Waals surface area contributed by atoms with Crippen LogP contribution in [0.5, 0.6) is 0 Å². The van der Waals surface area contributed by atoms with Gasteiger partial charge in [-0.3, -0.25) is 4.79 Å². The van der Waals surface area contributed by atoms with E-state index in [1.807, 2.05) is 24.4 Å². The van der Waals surface area contributed by atoms with Gasteiger partial charge in [0.25, 0.3) is 5.91 Å². The highest BCUT2D eigenvalue weighted by atomic mass is 35.5. The number of aromatic nitrogens is 3. The van der Waals surface area contributed by atoms with Crippen LogP contribution < -0.4 is 5.32 Å². The SMILES string of the molecule is CC1CN(C(=O)c2nc(-c3cccs3)n(-c3ccc(F)cc3)n2)CCN1.Cl. The topological polar surface area (TPSA) is 63.1 Å². The fourth-order valence-corrected chi connectivity index (χ4v) is 3.69. The maximum absolute atomic E-state index is 13.3. The van der Waals surface area contributed by atoms with Crippen molar-refractivity contribution in [2.45, 2.75) is 13.0 Å². The summed E-state index contributed by atoms with van der Waals surface area (Å²) in [4.78, 5) is 20.0. The van der Waals surface area contributed by atoms with E-state index in [0.717, 1.165) is 11.4 Å². The second-order valence-electron chi connectivity index (χ2n) is 6.23. The van der Waals surface area contributed by atoms with E-state index >= 15 is 0 Å². The van der Waals surface area contributed by atoms with Gasteiger partial charge in [-0.05, 0) is 42.6 Å². The van der Waals surface area contributed by atoms with Crippen molar-refractivity contribution >= 4 is 29.7 Å². The summed E-state index contributed by atoms with van der Waals surface area (Å²) < 4.78 is 14.9. The van der Waals surface area contributed by atoms with Gasteiger partial charge in [0.05, 0.1) is 10.6 Å². The van der Waals surface area contributed by atoms with Crippen LogP contribution in [-0.4, -0.2) is 51.2 Å². The van der Waals surface area contributed by atoms with Crippen LogP contribution >= 0.6 is 23.7 Å². The molecule has 2 aromatic heterocycles. The van der Waals surface area contributed by atoms with E-state index < -0.39 is 0 Å². The molecule has 27 heavy (non-hydrogen) atoms. The molecule has 6 nitrogen and oxygen atoms in total. The molecule has 3 heterocycles. The Bertz CT molecular complexity index is 912. The first-order chi connectivity index (χ1) is 12.6. The predicted octanol–water partition coefficient (Wildman–Crippen LogP) is 2.99. The van der Waals surface area contributed by atoms with Crippen molar-refractivity contribution in [3.05, 3.63) is 53.4 Å². The molecule has 142 valence electrons. The molecule has 1 N–H and O–H groups in total. The lowest BCUT2D eigenvalue weighted by molar-refractivity contribution is 0.0697. The lowest BCUT2D eigenvalue weighted by atomic mass is 10.2. The van der Waals surface area contributed by atoms with Gasteiger partial charge in [0.2, 0.25) is 5.82 Å². The molecule has 1 fully saturated rings. The number of carbonyl (C=O) groups excluding carboxylic acids is 1. The Labute approximate surface area is 166 Å². The van der Waals surface area contributed by atoms with Gasteiger partial charge in [-0.25, -0.2) is 14.1 Å². The predicted molar refractivity (Wildman–Crippen MR) is 105 cm³/mol. The van der Waals surface area contributed by atoms with Gasteiger partial charge < -0.3 is 10.2 Å². The highest BCUT2D eigenvalue weighted by Gasteiger charge is 2.26. The van der Waals surface area contributed by atoms with Gasteiger partial charge in [0, 0.05) is 25.7 Å². The molecule has 0 aliphatic carbocycles. The van der Waals surface area contributed by atoms with Crippen molar-refractivity contribution in [2.75, 3.05) is 19.6 Å². The molecular formula is C18H19ClFN5OS. The van der Waals surface area contributed by atoms with Gasteiger partial charge >= 0.3 is 0 Å². The molecule has 0 saturated carbocycles. The Balaban J connectivity index is 0.00000210. The van der Waals surface area contributed by atoms with Crippen LogP contribution in [0, 0.1) is 5.82 Å². The zero-order chi connectivity index (χ0) is 18.1. The zero-order valence-corrected chi connectivity index (χ0v) is 16.3. The molecule has 0 radical (unpaired) electrons. The smallest absolute Gasteiger partial charge is 0.293 e. The molecule has 1 aliphatic heterocycles. The van der Waals surface area contributed by atoms with Crippen molar-refractivity contribution in [1.29, 1.82) is 0 Å². The maximum atomic E-state index is 13.3. The van der Waals surface area contributed by atoms with E-state index in [1.54, 1.807) is 21.7 Å². The lowest BCUT2D eigenvalue weighted by Crippen LogP contribution is -2.51. The molecule has 1 unspecified atom stereocenters. The monoisotopic (exact) mass is 407 g/mol. The van der Waals surface area contributed by atoms with Crippen molar-refractivity contribution in [2.24, 2.45) is 0 Å². The third-order valence-electron chi connectivity index (χ3n) is 4.27. The number of carbonyl (C=O) groups is 1. The second-order valence-corrected chi connectivity index (χ2v) is 7.18. The van der Waals surface area contributed by atoms with Gasteiger partial charge in [-0.15, -0.1) is 28.8 Å². The van der Waals surface area contributed by atoms with Crippen LogP contribution in [0.25, 0.3) is 16.4 Å². The fraction of sp³-hybridized carbons (Fsp3) is 0.278. The molecule has 0 spiro atoms. The number of nitrogens with zero attached hydrogens (tertiary/aromatic N) is 4. The second kappa shape index (κ2) is 8.16. The van der Waals surface area contributed by atoms with Gasteiger partial charge in [0.15, 0.2) is 5.82 Å². The summed E-state index contributed by atoms with van der Waals surface area (Å²) in [5.74, 6) is 0.236. The van der Waals surface area contributed by atoms with E-state index in [4.69, 9.17) is 0 Å². The minimum absolute atomic E-state index is 0. The standard InChI is InChI=1S/C18H18FN5OS.ClH/c1-12-11-23(9-8-20-12)18(25)16-21-17(15-3-2-10-26-15)24(22-16)14-6-4-13(19)5-7-14;/h2-7,10,12,20H,8-9,11H2,1H3;1H. The number of piperazine rings is 1. The Morgan fingerprint density at radius 2 is 2.07 bits per heavy atom. The molecule has 1 atom stereocenters. The number of hydrogen-bond acceptors (Lipinski definition) is 5. The number of hydrogen-bond donors (Lipinski definition) is 1. The molecule has 1 saturated heterocycles. The molecule has 1 amide bonds. The van der Waals surface area contributed by atoms with E-state index in [-0.39, 0.29) is 36.0 Å². The summed E-state index contributed by atoms with van der Waals surface area (Å²) >= 11 is 1.52. The third-order valence-corrected chi connectivity index (χ3v) is 5.13. The Hall–Kier alpha value is -2.29. The highest BCUT2D eigenvalue weighted by molar-refractivity contribution is 7.13. The summed E-state index contributed by atoms with van der Waals surface area (Å²) in [6, 6.07) is 10.1. The third kappa shape index (κ3) is 4.02. The average Bonchev–Trinajstić information content (AvgIpc) is 3.31. The van der Waals surface area contributed by atoms with Crippen LogP contribution in [0.15, 0.2) is 41.8 Å². The van der Waals surface area contributed by atoms with E-state index in [9.17, 15) is 9.18 Å². The molecular weight excluding hydrogens is 389 g/mol. The average molecular weight is 408 g/mol. The van der Waals surface area contributed by atoms with Crippen molar-refractivity contribution in [3.63, 3.8) is 0 Å². The lowest BCUT2D eigenvalue weighted by Gasteiger charge is -2.30. The van der Waals surface area contributed by atoms with Crippen molar-refractivity contribution in [3.8, 4) is 16.4 Å². The molecule has 3 aromatic rings. The maximum Gasteiger partial charge on any atom is 0.293 e. The number of rotatable bonds is 3. The number of benzene rings is 1. The summed E-state index contributed by atoms with van der Waals surface area (Å²) in [6.07, 6.45) is 0. The first kappa shape index (κ1) is 19.5. The Kier molecular flexibility index (Phi) is 5.88. The van der Waals surface area contributed by atoms with E-state index in [1.165, 1.54) is 23.5 Å². The van der Waals surface area contributed by atoms with Crippen LogP contribution in [0.2, 0.25) is 0 Å². The van der Waals surface area contributed by atoms with E-state index in [2.05, 4.69) is 15.4 Å². The normalized spacial score (nSPS) is 16.8. The molecule has 1 aromatic carbocycles. The largest absolute Gasteiger partial charge is 0.333 e. The minimum Gasteiger partial charge on any atom is -0.333 e. The first-order valence-corrected chi connectivity index (χ1v) is 9.29. The van der Waals surface area contributed by atoms with Crippen LogP contribution in [0.4, 0.5) is 4.39 Å². The molecule has 9 heteroatoms. The van der Waals surface area contributed by atoms with Crippen LogP contribution in [0.1, 0.15) is 17.5 Å². The number of nitrogens with one attached hydrogen (secondary N) is 1. The number of amides is 1. The van der Waals surface area contributed by atoms with Gasteiger partial charge in [-0.2, -0.15) is 0 Å². The van der Waals surface area contributed by atoms with Crippen molar-refractivity contribution < 1.29 is 9.18 Å². The summed E-state index contributed by atoms with van der Waals surface area (Å²) in [5, 5.41) is 9.70. The highest BCUT2D eigenvalue weighted by Crippen LogP contribution is 2.26. The quantitative estimate of drug-likeness (QED) is 0.725. The summed E-state index contributed by atoms with van der Waals surface area (Å²) in [6.45, 7) is 4.05. The van der Waals surface area contributed by atoms with Gasteiger partial charge in [0.1, 0.15) is 5.82 Å². The molecule has 0 bridgehead atoms. The van der Waals surface area contributed by atoms with Crippen LogP contribution in [-0.2, 0) is 0 Å². The summed E-state index contributed by atoms with van der Waals surface area (Å²) in [5.41, 5.74) is 0.662. The van der Waals surface area contributed by atoms with E-state index in [0.29, 0.717) is 24.6 Å². The minimum atomic E-state index is -0.322. The number of halogens is 2. The summed E-state index contributed by atoms with van der Waals surface area (Å²) in [7, 11) is 0. The van der Waals surface area contributed by atoms with Crippen LogP contribution in [0.3, 0.4) is 0 Å².